The van der Waals surface area contributed by atoms with Crippen LogP contribution in [0.4, 0.5) is 4.39 Å². The molecule has 2 aromatic rings. The topological polar surface area (TPSA) is 35.2 Å². The van der Waals surface area contributed by atoms with Gasteiger partial charge in [-0.1, -0.05) is 18.2 Å². The first-order chi connectivity index (χ1) is 8.15. The van der Waals surface area contributed by atoms with E-state index in [1.165, 1.54) is 12.1 Å². The molecule has 0 unspecified atom stereocenters. The summed E-state index contributed by atoms with van der Waals surface area (Å²) in [4.78, 5) is 0. The largest absolute Gasteiger partial charge is 0.457 e. The molecule has 0 heterocycles. The highest BCUT2D eigenvalue weighted by Gasteiger charge is 2.01. The first kappa shape index (κ1) is 11.6. The number of halogens is 1. The predicted octanol–water partition coefficient (Wildman–Crippen LogP) is 3.64. The van der Waals surface area contributed by atoms with Gasteiger partial charge in [-0.25, -0.2) is 4.39 Å². The average Bonchev–Trinajstić information content (AvgIpc) is 2.29. The third-order valence-corrected chi connectivity index (χ3v) is 2.44. The van der Waals surface area contributed by atoms with Gasteiger partial charge in [0.15, 0.2) is 0 Å². The number of benzene rings is 2. The van der Waals surface area contributed by atoms with Crippen LogP contribution in [0.25, 0.3) is 0 Å². The summed E-state index contributed by atoms with van der Waals surface area (Å²) in [6.07, 6.45) is 0. The first-order valence-corrected chi connectivity index (χ1v) is 5.44. The number of ether oxygens (including phenoxy) is 1. The highest BCUT2D eigenvalue weighted by atomic mass is 19.1. The van der Waals surface area contributed by atoms with Gasteiger partial charge in [-0.2, -0.15) is 0 Å². The van der Waals surface area contributed by atoms with Crippen molar-refractivity contribution in [2.24, 2.45) is 5.73 Å². The molecule has 0 saturated heterocycles. The Labute approximate surface area is 99.8 Å². The van der Waals surface area contributed by atoms with E-state index >= 15 is 0 Å². The van der Waals surface area contributed by atoms with E-state index in [2.05, 4.69) is 0 Å². The van der Waals surface area contributed by atoms with Crippen LogP contribution in [0, 0.1) is 5.82 Å². The van der Waals surface area contributed by atoms with Crippen molar-refractivity contribution in [1.82, 2.24) is 0 Å². The Morgan fingerprint density at radius 3 is 2.35 bits per heavy atom. The van der Waals surface area contributed by atoms with Crippen molar-refractivity contribution in [3.05, 3.63) is 59.9 Å². The Balaban J connectivity index is 2.14. The van der Waals surface area contributed by atoms with Crippen molar-refractivity contribution < 1.29 is 9.13 Å². The lowest BCUT2D eigenvalue weighted by Gasteiger charge is -2.08. The summed E-state index contributed by atoms with van der Waals surface area (Å²) in [6.45, 7) is 1.92. The van der Waals surface area contributed by atoms with E-state index in [4.69, 9.17) is 10.5 Å². The molecule has 2 N–H and O–H groups in total. The molecule has 2 aromatic carbocycles. The fourth-order valence-electron chi connectivity index (χ4n) is 1.51. The van der Waals surface area contributed by atoms with Crippen molar-refractivity contribution in [2.45, 2.75) is 13.0 Å². The van der Waals surface area contributed by atoms with Crippen LogP contribution in [0.3, 0.4) is 0 Å². The van der Waals surface area contributed by atoms with E-state index < -0.39 is 0 Å². The van der Waals surface area contributed by atoms with Gasteiger partial charge in [0.2, 0.25) is 0 Å². The van der Waals surface area contributed by atoms with Crippen LogP contribution in [0.1, 0.15) is 18.5 Å². The van der Waals surface area contributed by atoms with E-state index in [1.807, 2.05) is 31.2 Å². The molecule has 0 aliphatic rings. The van der Waals surface area contributed by atoms with E-state index in [0.717, 1.165) is 5.56 Å². The molecule has 3 heteroatoms. The zero-order chi connectivity index (χ0) is 12.3. The summed E-state index contributed by atoms with van der Waals surface area (Å²) in [5.41, 5.74) is 6.78. The summed E-state index contributed by atoms with van der Waals surface area (Å²) in [7, 11) is 0. The second-order valence-corrected chi connectivity index (χ2v) is 3.92. The molecule has 0 bridgehead atoms. The lowest BCUT2D eigenvalue weighted by atomic mass is 10.1. The zero-order valence-corrected chi connectivity index (χ0v) is 9.56. The molecule has 0 amide bonds. The molecular formula is C14H14FNO. The summed E-state index contributed by atoms with van der Waals surface area (Å²) >= 11 is 0. The standard InChI is InChI=1S/C14H14FNO/c1-10(16)11-5-7-13(8-6-11)17-14-4-2-3-12(15)9-14/h2-10H,16H2,1H3/t10-/m0/s1. The Bertz CT molecular complexity index is 494. The molecule has 0 spiro atoms. The van der Waals surface area contributed by atoms with Gasteiger partial charge in [0.25, 0.3) is 0 Å². The van der Waals surface area contributed by atoms with Crippen molar-refractivity contribution in [3.8, 4) is 11.5 Å². The van der Waals surface area contributed by atoms with Gasteiger partial charge in [0, 0.05) is 12.1 Å². The minimum Gasteiger partial charge on any atom is -0.457 e. The van der Waals surface area contributed by atoms with Gasteiger partial charge in [-0.15, -0.1) is 0 Å². The maximum absolute atomic E-state index is 12.9. The summed E-state index contributed by atoms with van der Waals surface area (Å²) < 4.78 is 18.5. The lowest BCUT2D eigenvalue weighted by molar-refractivity contribution is 0.476. The molecule has 0 fully saturated rings. The SMILES string of the molecule is C[C@H](N)c1ccc(Oc2cccc(F)c2)cc1. The monoisotopic (exact) mass is 231 g/mol. The van der Waals surface area contributed by atoms with Gasteiger partial charge in [0.05, 0.1) is 0 Å². The van der Waals surface area contributed by atoms with E-state index in [0.29, 0.717) is 11.5 Å². The van der Waals surface area contributed by atoms with Gasteiger partial charge in [0.1, 0.15) is 17.3 Å². The van der Waals surface area contributed by atoms with Crippen LogP contribution >= 0.6 is 0 Å². The third-order valence-electron chi connectivity index (χ3n) is 2.44. The molecule has 2 nitrogen and oxygen atoms in total. The van der Waals surface area contributed by atoms with Gasteiger partial charge in [-0.05, 0) is 36.8 Å². The van der Waals surface area contributed by atoms with Crippen LogP contribution in [0.15, 0.2) is 48.5 Å². The fraction of sp³-hybridized carbons (Fsp3) is 0.143. The second-order valence-electron chi connectivity index (χ2n) is 3.92. The highest BCUT2D eigenvalue weighted by molar-refractivity contribution is 5.33. The van der Waals surface area contributed by atoms with Gasteiger partial charge >= 0.3 is 0 Å². The Kier molecular flexibility index (Phi) is 3.40. The molecule has 2 rings (SSSR count). The minimum atomic E-state index is -0.310. The molecule has 17 heavy (non-hydrogen) atoms. The van der Waals surface area contributed by atoms with Crippen LogP contribution in [0.5, 0.6) is 11.5 Å². The summed E-state index contributed by atoms with van der Waals surface area (Å²) in [5.74, 6) is 0.841. The molecular weight excluding hydrogens is 217 g/mol. The number of rotatable bonds is 3. The number of nitrogens with two attached hydrogens (primary N) is 1. The lowest BCUT2D eigenvalue weighted by Crippen LogP contribution is -2.04. The quantitative estimate of drug-likeness (QED) is 0.875. The Morgan fingerprint density at radius 1 is 1.06 bits per heavy atom. The van der Waals surface area contributed by atoms with Crippen molar-refractivity contribution in [1.29, 1.82) is 0 Å². The molecule has 0 saturated carbocycles. The average molecular weight is 231 g/mol. The first-order valence-electron chi connectivity index (χ1n) is 5.44. The summed E-state index contributed by atoms with van der Waals surface area (Å²) in [5, 5.41) is 0. The van der Waals surface area contributed by atoms with E-state index in [9.17, 15) is 4.39 Å². The van der Waals surface area contributed by atoms with Crippen molar-refractivity contribution in [3.63, 3.8) is 0 Å². The molecule has 0 aliphatic carbocycles. The van der Waals surface area contributed by atoms with E-state index in [1.54, 1.807) is 12.1 Å². The molecule has 0 aromatic heterocycles. The molecule has 88 valence electrons. The van der Waals surface area contributed by atoms with Crippen LogP contribution in [-0.2, 0) is 0 Å². The molecule has 0 radical (unpaired) electrons. The van der Waals surface area contributed by atoms with Gasteiger partial charge in [-0.3, -0.25) is 0 Å². The number of hydrogen-bond donors (Lipinski definition) is 1. The van der Waals surface area contributed by atoms with Gasteiger partial charge < -0.3 is 10.5 Å². The normalized spacial score (nSPS) is 12.2. The second kappa shape index (κ2) is 4.97. The van der Waals surface area contributed by atoms with Crippen LogP contribution in [0.2, 0.25) is 0 Å². The minimum absolute atomic E-state index is 0.00165. The maximum atomic E-state index is 12.9. The van der Waals surface area contributed by atoms with Crippen LogP contribution in [-0.4, -0.2) is 0 Å². The number of hydrogen-bond acceptors (Lipinski definition) is 2. The van der Waals surface area contributed by atoms with Crippen molar-refractivity contribution >= 4 is 0 Å². The van der Waals surface area contributed by atoms with E-state index in [-0.39, 0.29) is 11.9 Å². The Hall–Kier alpha value is -1.87. The van der Waals surface area contributed by atoms with Crippen LogP contribution < -0.4 is 10.5 Å². The highest BCUT2D eigenvalue weighted by Crippen LogP contribution is 2.23. The fourth-order valence-corrected chi connectivity index (χ4v) is 1.51. The predicted molar refractivity (Wildman–Crippen MR) is 65.5 cm³/mol. The molecule has 0 aliphatic heterocycles. The zero-order valence-electron chi connectivity index (χ0n) is 9.56. The van der Waals surface area contributed by atoms with Crippen molar-refractivity contribution in [2.75, 3.05) is 0 Å². The smallest absolute Gasteiger partial charge is 0.130 e. The third kappa shape index (κ3) is 3.04. The Morgan fingerprint density at radius 2 is 1.76 bits per heavy atom. The molecule has 1 atom stereocenters. The summed E-state index contributed by atoms with van der Waals surface area (Å²) in [6, 6.07) is 13.5. The maximum Gasteiger partial charge on any atom is 0.130 e.